The van der Waals surface area contributed by atoms with Crippen molar-refractivity contribution in [2.24, 2.45) is 23.2 Å². The molecule has 2 rings (SSSR count). The first-order valence-corrected chi connectivity index (χ1v) is 12.6. The van der Waals surface area contributed by atoms with Gasteiger partial charge in [-0.05, 0) is 87.7 Å². The lowest BCUT2D eigenvalue weighted by Gasteiger charge is -2.29. The summed E-state index contributed by atoms with van der Waals surface area (Å²) in [6.07, 6.45) is 4.93. The van der Waals surface area contributed by atoms with Crippen LogP contribution in [0.5, 0.6) is 0 Å². The van der Waals surface area contributed by atoms with Crippen LogP contribution in [-0.4, -0.2) is 11.1 Å². The molecule has 0 aliphatic carbocycles. The summed E-state index contributed by atoms with van der Waals surface area (Å²) in [7, 11) is 0. The van der Waals surface area contributed by atoms with Crippen LogP contribution in [0.15, 0.2) is 24.3 Å². The third-order valence-electron chi connectivity index (χ3n) is 6.26. The van der Waals surface area contributed by atoms with Crippen LogP contribution in [0.4, 0.5) is 0 Å². The van der Waals surface area contributed by atoms with Crippen molar-refractivity contribution in [2.45, 2.75) is 127 Å². The molecule has 1 nitrogen and oxygen atoms in total. The molecule has 2 atom stereocenters. The SMILES string of the molecule is CC.CC.CC(C)C(Cc1ccc(CC2CC(C)(C)NC2(C)C)cc1)CC(C)(C)C. The van der Waals surface area contributed by atoms with Crippen molar-refractivity contribution in [3.63, 3.8) is 0 Å². The second kappa shape index (κ2) is 12.3. The van der Waals surface area contributed by atoms with E-state index in [1.165, 1.54) is 36.8 Å². The van der Waals surface area contributed by atoms with Gasteiger partial charge in [0, 0.05) is 11.1 Å². The first-order chi connectivity index (χ1) is 13.8. The van der Waals surface area contributed by atoms with Gasteiger partial charge in [0.1, 0.15) is 0 Å². The summed E-state index contributed by atoms with van der Waals surface area (Å²) in [5.74, 6) is 2.20. The minimum Gasteiger partial charge on any atom is -0.307 e. The molecule has 1 fully saturated rings. The van der Waals surface area contributed by atoms with Gasteiger partial charge < -0.3 is 5.32 Å². The number of benzene rings is 1. The van der Waals surface area contributed by atoms with Crippen molar-refractivity contribution < 1.29 is 0 Å². The summed E-state index contributed by atoms with van der Waals surface area (Å²) >= 11 is 0. The zero-order valence-electron chi connectivity index (χ0n) is 22.9. The maximum absolute atomic E-state index is 3.81. The van der Waals surface area contributed by atoms with Crippen molar-refractivity contribution in [2.75, 3.05) is 0 Å². The monoisotopic (exact) mass is 417 g/mol. The molecule has 1 aromatic carbocycles. The highest BCUT2D eigenvalue weighted by molar-refractivity contribution is 5.24. The van der Waals surface area contributed by atoms with Crippen molar-refractivity contribution in [3.05, 3.63) is 35.4 Å². The van der Waals surface area contributed by atoms with Crippen LogP contribution in [0, 0.1) is 23.2 Å². The zero-order valence-corrected chi connectivity index (χ0v) is 22.9. The molecule has 0 amide bonds. The van der Waals surface area contributed by atoms with Crippen molar-refractivity contribution in [1.29, 1.82) is 0 Å². The second-order valence-electron chi connectivity index (χ2n) is 11.6. The van der Waals surface area contributed by atoms with Gasteiger partial charge in [-0.15, -0.1) is 0 Å². The molecule has 1 aliphatic rings. The van der Waals surface area contributed by atoms with Gasteiger partial charge in [0.2, 0.25) is 0 Å². The van der Waals surface area contributed by atoms with Crippen LogP contribution >= 0.6 is 0 Å². The molecule has 1 aliphatic heterocycles. The fourth-order valence-corrected chi connectivity index (χ4v) is 4.95. The lowest BCUT2D eigenvalue weighted by atomic mass is 9.77. The summed E-state index contributed by atoms with van der Waals surface area (Å²) < 4.78 is 0. The van der Waals surface area contributed by atoms with E-state index in [0.717, 1.165) is 11.8 Å². The Hall–Kier alpha value is -0.820. The molecule has 1 N–H and O–H groups in total. The molecule has 0 spiro atoms. The topological polar surface area (TPSA) is 12.0 Å². The Balaban J connectivity index is 0.00000198. The minimum absolute atomic E-state index is 0.220. The van der Waals surface area contributed by atoms with Crippen LogP contribution in [0.3, 0.4) is 0 Å². The third kappa shape index (κ3) is 9.99. The molecule has 2 unspecified atom stereocenters. The molecule has 0 aromatic heterocycles. The van der Waals surface area contributed by atoms with Crippen molar-refractivity contribution in [3.8, 4) is 0 Å². The molecule has 1 aromatic rings. The van der Waals surface area contributed by atoms with Crippen LogP contribution < -0.4 is 5.32 Å². The molecular weight excluding hydrogens is 362 g/mol. The summed E-state index contributed by atoms with van der Waals surface area (Å²) in [6, 6.07) is 9.53. The smallest absolute Gasteiger partial charge is 0.0162 e. The average molecular weight is 418 g/mol. The van der Waals surface area contributed by atoms with E-state index < -0.39 is 0 Å². The molecule has 1 heterocycles. The zero-order chi connectivity index (χ0) is 23.8. The summed E-state index contributed by atoms with van der Waals surface area (Å²) in [5.41, 5.74) is 3.87. The predicted octanol–water partition coefficient (Wildman–Crippen LogP) is 8.70. The number of nitrogens with one attached hydrogen (secondary N) is 1. The first-order valence-electron chi connectivity index (χ1n) is 12.6. The number of rotatable bonds is 6. The predicted molar refractivity (Wildman–Crippen MR) is 138 cm³/mol. The van der Waals surface area contributed by atoms with Gasteiger partial charge in [-0.2, -0.15) is 0 Å². The lowest BCUT2D eigenvalue weighted by molar-refractivity contribution is 0.241. The van der Waals surface area contributed by atoms with Crippen molar-refractivity contribution in [1.82, 2.24) is 5.32 Å². The van der Waals surface area contributed by atoms with Gasteiger partial charge in [-0.3, -0.25) is 0 Å². The maximum atomic E-state index is 3.81. The van der Waals surface area contributed by atoms with E-state index in [2.05, 4.69) is 91.9 Å². The van der Waals surface area contributed by atoms with Gasteiger partial charge in [0.15, 0.2) is 0 Å². The highest BCUT2D eigenvalue weighted by Gasteiger charge is 2.43. The van der Waals surface area contributed by atoms with Gasteiger partial charge >= 0.3 is 0 Å². The molecule has 0 radical (unpaired) electrons. The Morgan fingerprint density at radius 1 is 0.900 bits per heavy atom. The quantitative estimate of drug-likeness (QED) is 0.488. The fourth-order valence-electron chi connectivity index (χ4n) is 4.95. The Kier molecular flexibility index (Phi) is 11.9. The van der Waals surface area contributed by atoms with Crippen LogP contribution in [0.25, 0.3) is 0 Å². The standard InChI is InChI=1S/C25H43N.2C2H6/c1-18(2)21(16-23(3,4)5)14-19-10-12-20(13-11-19)15-22-17-24(6,7)26-25(22,8)9;2*1-2/h10-13,18,21-22,26H,14-17H2,1-9H3;2*1-2H3. The first kappa shape index (κ1) is 29.2. The maximum Gasteiger partial charge on any atom is 0.0162 e. The molecule has 1 heteroatoms. The van der Waals surface area contributed by atoms with E-state index in [4.69, 9.17) is 0 Å². The normalized spacial score (nSPS) is 20.7. The fraction of sp³-hybridized carbons (Fsp3) is 0.793. The molecular formula is C29H55N. The molecule has 0 bridgehead atoms. The molecule has 30 heavy (non-hydrogen) atoms. The highest BCUT2D eigenvalue weighted by atomic mass is 15.1. The van der Waals surface area contributed by atoms with Crippen LogP contribution in [-0.2, 0) is 12.8 Å². The number of hydrogen-bond acceptors (Lipinski definition) is 1. The summed E-state index contributed by atoms with van der Waals surface area (Å²) in [6.45, 7) is 29.2. The Morgan fingerprint density at radius 2 is 1.37 bits per heavy atom. The van der Waals surface area contributed by atoms with Gasteiger partial charge in [-0.25, -0.2) is 0 Å². The average Bonchev–Trinajstić information content (AvgIpc) is 2.84. The van der Waals surface area contributed by atoms with E-state index in [9.17, 15) is 0 Å². The molecule has 176 valence electrons. The Bertz CT molecular complexity index is 571. The summed E-state index contributed by atoms with van der Waals surface area (Å²) in [4.78, 5) is 0. The Morgan fingerprint density at radius 3 is 1.73 bits per heavy atom. The lowest BCUT2D eigenvalue weighted by Crippen LogP contribution is -2.45. The molecule has 1 saturated heterocycles. The van der Waals surface area contributed by atoms with E-state index >= 15 is 0 Å². The van der Waals surface area contributed by atoms with E-state index in [1.807, 2.05) is 27.7 Å². The van der Waals surface area contributed by atoms with Crippen LogP contribution in [0.1, 0.15) is 114 Å². The largest absolute Gasteiger partial charge is 0.307 e. The molecule has 0 saturated carbocycles. The summed E-state index contributed by atoms with van der Waals surface area (Å²) in [5, 5.41) is 3.81. The van der Waals surface area contributed by atoms with E-state index in [0.29, 0.717) is 11.3 Å². The van der Waals surface area contributed by atoms with E-state index in [-0.39, 0.29) is 11.1 Å². The van der Waals surface area contributed by atoms with Crippen LogP contribution in [0.2, 0.25) is 0 Å². The Labute approximate surface area is 190 Å². The van der Waals surface area contributed by atoms with Gasteiger partial charge in [-0.1, -0.05) is 86.6 Å². The number of hydrogen-bond donors (Lipinski definition) is 1. The minimum atomic E-state index is 0.220. The van der Waals surface area contributed by atoms with Gasteiger partial charge in [0.05, 0.1) is 0 Å². The second-order valence-corrected chi connectivity index (χ2v) is 11.6. The third-order valence-corrected chi connectivity index (χ3v) is 6.26. The van der Waals surface area contributed by atoms with E-state index in [1.54, 1.807) is 0 Å². The van der Waals surface area contributed by atoms with Crippen molar-refractivity contribution >= 4 is 0 Å². The van der Waals surface area contributed by atoms with Gasteiger partial charge in [0.25, 0.3) is 0 Å². The highest BCUT2D eigenvalue weighted by Crippen LogP contribution is 2.38.